The van der Waals surface area contributed by atoms with Gasteiger partial charge in [-0.15, -0.1) is 0 Å². The molecule has 2 N–H and O–H groups in total. The van der Waals surface area contributed by atoms with E-state index < -0.39 is 0 Å². The fourth-order valence-corrected chi connectivity index (χ4v) is 3.66. The summed E-state index contributed by atoms with van der Waals surface area (Å²) in [5.74, 6) is 0.712. The van der Waals surface area contributed by atoms with Gasteiger partial charge in [-0.25, -0.2) is 0 Å². The summed E-state index contributed by atoms with van der Waals surface area (Å²) >= 11 is 1.66. The quantitative estimate of drug-likeness (QED) is 0.609. The van der Waals surface area contributed by atoms with E-state index in [1.807, 2.05) is 12.1 Å². The first-order valence-corrected chi connectivity index (χ1v) is 9.77. The molecule has 2 aromatic rings. The van der Waals surface area contributed by atoms with Gasteiger partial charge in [0.2, 0.25) is 0 Å². The molecule has 0 aliphatic heterocycles. The van der Waals surface area contributed by atoms with Crippen LogP contribution in [0.1, 0.15) is 65.5 Å². The van der Waals surface area contributed by atoms with Crippen molar-refractivity contribution in [3.05, 3.63) is 47.5 Å². The maximum atomic E-state index is 10.2. The molecule has 2 nitrogen and oxygen atoms in total. The molecule has 136 valence electrons. The van der Waals surface area contributed by atoms with E-state index in [4.69, 9.17) is 0 Å². The van der Waals surface area contributed by atoms with Crippen LogP contribution in [-0.2, 0) is 10.8 Å². The van der Waals surface area contributed by atoms with Crippen LogP contribution in [0, 0.1) is 0 Å². The van der Waals surface area contributed by atoms with Crippen LogP contribution in [0.2, 0.25) is 0 Å². The van der Waals surface area contributed by atoms with Gasteiger partial charge in [0.25, 0.3) is 0 Å². The van der Waals surface area contributed by atoms with Gasteiger partial charge >= 0.3 is 0 Å². The smallest absolute Gasteiger partial charge is 0.119 e. The van der Waals surface area contributed by atoms with Crippen molar-refractivity contribution in [3.63, 3.8) is 0 Å². The SMILES string of the molecule is CCC(C)(C)c1cc(Sc2ccc(O)c(C(C)(C)CC)c2)ccc1O. The van der Waals surface area contributed by atoms with Crippen molar-refractivity contribution in [2.24, 2.45) is 0 Å². The molecule has 0 fully saturated rings. The second-order valence-corrected chi connectivity index (χ2v) is 9.08. The fourth-order valence-electron chi connectivity index (χ4n) is 2.76. The van der Waals surface area contributed by atoms with Crippen molar-refractivity contribution < 1.29 is 10.2 Å². The maximum Gasteiger partial charge on any atom is 0.119 e. The highest BCUT2D eigenvalue weighted by atomic mass is 32.2. The van der Waals surface area contributed by atoms with Crippen LogP contribution in [0.25, 0.3) is 0 Å². The second kappa shape index (κ2) is 7.33. The molecule has 2 aromatic carbocycles. The van der Waals surface area contributed by atoms with Gasteiger partial charge in [-0.1, -0.05) is 53.3 Å². The Hall–Kier alpha value is -1.61. The summed E-state index contributed by atoms with van der Waals surface area (Å²) in [6.07, 6.45) is 1.92. The third-order valence-electron chi connectivity index (χ3n) is 5.40. The van der Waals surface area contributed by atoms with E-state index in [2.05, 4.69) is 53.7 Å². The molecule has 3 heteroatoms. The summed E-state index contributed by atoms with van der Waals surface area (Å²) in [7, 11) is 0. The second-order valence-electron chi connectivity index (χ2n) is 7.93. The Morgan fingerprint density at radius 2 is 1.08 bits per heavy atom. The van der Waals surface area contributed by atoms with Gasteiger partial charge in [-0.2, -0.15) is 0 Å². The molecule has 25 heavy (non-hydrogen) atoms. The Bertz CT molecular complexity index is 684. The molecule has 0 spiro atoms. The highest BCUT2D eigenvalue weighted by molar-refractivity contribution is 7.99. The van der Waals surface area contributed by atoms with Gasteiger partial charge in [0, 0.05) is 20.9 Å². The first kappa shape index (κ1) is 19.7. The lowest BCUT2D eigenvalue weighted by Gasteiger charge is -2.25. The van der Waals surface area contributed by atoms with Crippen molar-refractivity contribution in [2.45, 2.75) is 75.0 Å². The van der Waals surface area contributed by atoms with Crippen molar-refractivity contribution in [1.82, 2.24) is 0 Å². The summed E-state index contributed by atoms with van der Waals surface area (Å²) in [5, 5.41) is 20.5. The molecule has 0 bridgehead atoms. The van der Waals surface area contributed by atoms with Crippen molar-refractivity contribution in [1.29, 1.82) is 0 Å². The number of phenols is 2. The van der Waals surface area contributed by atoms with Crippen molar-refractivity contribution >= 4 is 11.8 Å². The van der Waals surface area contributed by atoms with Gasteiger partial charge in [0.05, 0.1) is 0 Å². The lowest BCUT2D eigenvalue weighted by Crippen LogP contribution is -2.16. The van der Waals surface area contributed by atoms with Crippen LogP contribution in [-0.4, -0.2) is 10.2 Å². The van der Waals surface area contributed by atoms with Crippen LogP contribution in [0.4, 0.5) is 0 Å². The average Bonchev–Trinajstić information content (AvgIpc) is 2.58. The summed E-state index contributed by atoms with van der Waals surface area (Å²) in [6.45, 7) is 12.9. The van der Waals surface area contributed by atoms with E-state index in [1.165, 1.54) is 0 Å². The minimum Gasteiger partial charge on any atom is -0.508 e. The lowest BCUT2D eigenvalue weighted by atomic mass is 9.82. The Labute approximate surface area is 156 Å². The van der Waals surface area contributed by atoms with Gasteiger partial charge in [0.1, 0.15) is 11.5 Å². The number of benzene rings is 2. The highest BCUT2D eigenvalue weighted by Gasteiger charge is 2.24. The number of rotatable bonds is 6. The molecule has 0 aliphatic rings. The number of hydrogen-bond acceptors (Lipinski definition) is 3. The molecule has 0 atom stereocenters. The summed E-state index contributed by atoms with van der Waals surface area (Å²) in [6, 6.07) is 11.6. The molecule has 0 aliphatic carbocycles. The third kappa shape index (κ3) is 4.33. The maximum absolute atomic E-state index is 10.2. The summed E-state index contributed by atoms with van der Waals surface area (Å²) in [4.78, 5) is 2.19. The highest BCUT2D eigenvalue weighted by Crippen LogP contribution is 2.40. The molecular weight excluding hydrogens is 328 g/mol. The Balaban J connectivity index is 2.38. The largest absolute Gasteiger partial charge is 0.508 e. The standard InChI is InChI=1S/C22H30O2S/c1-7-21(3,4)17-13-15(9-11-19(17)23)25-16-10-12-20(24)18(14-16)22(5,6)8-2/h9-14,23-24H,7-8H2,1-6H3. The van der Waals surface area contributed by atoms with E-state index in [0.717, 1.165) is 33.8 Å². The Morgan fingerprint density at radius 3 is 1.40 bits per heavy atom. The first-order chi connectivity index (χ1) is 11.6. The Morgan fingerprint density at radius 1 is 0.720 bits per heavy atom. The van der Waals surface area contributed by atoms with Crippen LogP contribution in [0.5, 0.6) is 11.5 Å². The molecule has 0 unspecified atom stereocenters. The lowest BCUT2D eigenvalue weighted by molar-refractivity contribution is 0.427. The van der Waals surface area contributed by atoms with Crippen molar-refractivity contribution in [3.8, 4) is 11.5 Å². The molecule has 0 heterocycles. The fraction of sp³-hybridized carbons (Fsp3) is 0.455. The van der Waals surface area contributed by atoms with E-state index in [-0.39, 0.29) is 10.8 Å². The van der Waals surface area contributed by atoms with Crippen LogP contribution >= 0.6 is 11.8 Å². The molecular formula is C22H30O2S. The zero-order valence-corrected chi connectivity index (χ0v) is 17.0. The van der Waals surface area contributed by atoms with Gasteiger partial charge in [0.15, 0.2) is 0 Å². The minimum absolute atomic E-state index is 0.0645. The van der Waals surface area contributed by atoms with Crippen LogP contribution in [0.3, 0.4) is 0 Å². The van der Waals surface area contributed by atoms with Crippen LogP contribution in [0.15, 0.2) is 46.2 Å². The molecule has 0 saturated heterocycles. The molecule has 0 radical (unpaired) electrons. The van der Waals surface area contributed by atoms with E-state index in [0.29, 0.717) is 11.5 Å². The monoisotopic (exact) mass is 358 g/mol. The van der Waals surface area contributed by atoms with Gasteiger partial charge in [-0.3, -0.25) is 0 Å². The zero-order valence-electron chi connectivity index (χ0n) is 16.2. The predicted molar refractivity (Wildman–Crippen MR) is 107 cm³/mol. The van der Waals surface area contributed by atoms with Gasteiger partial charge < -0.3 is 10.2 Å². The van der Waals surface area contributed by atoms with Gasteiger partial charge in [-0.05, 0) is 60.1 Å². The molecule has 2 rings (SSSR count). The van der Waals surface area contributed by atoms with E-state index in [1.54, 1.807) is 23.9 Å². The summed E-state index contributed by atoms with van der Waals surface area (Å²) in [5.41, 5.74) is 1.83. The normalized spacial score (nSPS) is 12.4. The average molecular weight is 359 g/mol. The number of phenolic OH excluding ortho intramolecular Hbond substituents is 2. The Kier molecular flexibility index (Phi) is 5.78. The number of aromatic hydroxyl groups is 2. The van der Waals surface area contributed by atoms with Crippen molar-refractivity contribution in [2.75, 3.05) is 0 Å². The summed E-state index contributed by atoms with van der Waals surface area (Å²) < 4.78 is 0. The zero-order chi connectivity index (χ0) is 18.8. The van der Waals surface area contributed by atoms with E-state index >= 15 is 0 Å². The van der Waals surface area contributed by atoms with Crippen LogP contribution < -0.4 is 0 Å². The minimum atomic E-state index is -0.0645. The molecule has 0 saturated carbocycles. The first-order valence-electron chi connectivity index (χ1n) is 8.95. The molecule has 0 aromatic heterocycles. The predicted octanol–water partition coefficient (Wildman–Crippen LogP) is 6.62. The third-order valence-corrected chi connectivity index (χ3v) is 6.38. The molecule has 0 amide bonds. The topological polar surface area (TPSA) is 40.5 Å². The van der Waals surface area contributed by atoms with E-state index in [9.17, 15) is 10.2 Å². The number of hydrogen-bond donors (Lipinski definition) is 2.